The summed E-state index contributed by atoms with van der Waals surface area (Å²) >= 11 is 0. The van der Waals surface area contributed by atoms with E-state index in [0.29, 0.717) is 16.9 Å². The van der Waals surface area contributed by atoms with Crippen LogP contribution >= 0.6 is 0 Å². The van der Waals surface area contributed by atoms with Crippen molar-refractivity contribution >= 4 is 17.7 Å². The van der Waals surface area contributed by atoms with Gasteiger partial charge in [0.2, 0.25) is 5.95 Å². The minimum absolute atomic E-state index is 0.0241. The van der Waals surface area contributed by atoms with E-state index in [0.717, 1.165) is 0 Å². The number of aromatic nitrogens is 2. The second kappa shape index (κ2) is 8.14. The van der Waals surface area contributed by atoms with Crippen LogP contribution < -0.4 is 25.7 Å². The third-order valence-electron chi connectivity index (χ3n) is 4.03. The Kier molecular flexibility index (Phi) is 5.46. The maximum atomic E-state index is 12.4. The number of carbonyl (C=O) groups is 1. The molecule has 0 saturated carbocycles. The van der Waals surface area contributed by atoms with Gasteiger partial charge < -0.3 is 25.7 Å². The normalized spacial score (nSPS) is 10.1. The fourth-order valence-electron chi connectivity index (χ4n) is 2.60. The van der Waals surface area contributed by atoms with E-state index < -0.39 is 5.97 Å². The van der Waals surface area contributed by atoms with Crippen LogP contribution in [0, 0.1) is 11.3 Å². The first-order chi connectivity index (χ1) is 14.0. The van der Waals surface area contributed by atoms with E-state index in [4.69, 9.17) is 25.7 Å². The summed E-state index contributed by atoms with van der Waals surface area (Å²) < 4.78 is 15.8. The van der Waals surface area contributed by atoms with Gasteiger partial charge in [0, 0.05) is 5.56 Å². The van der Waals surface area contributed by atoms with Gasteiger partial charge in [0.15, 0.2) is 11.5 Å². The monoisotopic (exact) mass is 391 g/mol. The van der Waals surface area contributed by atoms with Gasteiger partial charge in [-0.15, -0.1) is 0 Å². The van der Waals surface area contributed by atoms with Gasteiger partial charge in [0.1, 0.15) is 23.2 Å². The number of nitrogens with zero attached hydrogens (tertiary/aromatic N) is 3. The molecular weight excluding hydrogens is 374 g/mol. The summed E-state index contributed by atoms with van der Waals surface area (Å²) in [5.74, 6) is 0.441. The van der Waals surface area contributed by atoms with Gasteiger partial charge >= 0.3 is 5.97 Å². The number of nitrogens with two attached hydrogens (primary N) is 2. The number of esters is 1. The second-order valence-electron chi connectivity index (χ2n) is 5.79. The molecule has 3 aromatic rings. The molecule has 4 N–H and O–H groups in total. The Labute approximate surface area is 166 Å². The Bertz CT molecular complexity index is 1110. The van der Waals surface area contributed by atoms with Gasteiger partial charge in [-0.2, -0.15) is 10.2 Å². The Morgan fingerprint density at radius 1 is 1.00 bits per heavy atom. The molecule has 0 bridgehead atoms. The highest BCUT2D eigenvalue weighted by Gasteiger charge is 2.17. The van der Waals surface area contributed by atoms with E-state index in [2.05, 4.69) is 9.97 Å². The molecule has 1 aromatic heterocycles. The zero-order valence-corrected chi connectivity index (χ0v) is 15.7. The van der Waals surface area contributed by atoms with Crippen molar-refractivity contribution in [1.82, 2.24) is 9.97 Å². The first kappa shape index (κ1) is 19.4. The van der Waals surface area contributed by atoms with Crippen LogP contribution in [0.4, 0.5) is 11.8 Å². The third kappa shape index (κ3) is 4.01. The first-order valence-electron chi connectivity index (χ1n) is 8.34. The second-order valence-corrected chi connectivity index (χ2v) is 5.79. The Hall–Kier alpha value is -4.32. The highest BCUT2D eigenvalue weighted by atomic mass is 16.6. The van der Waals surface area contributed by atoms with Crippen molar-refractivity contribution in [3.05, 3.63) is 53.6 Å². The molecule has 3 rings (SSSR count). The van der Waals surface area contributed by atoms with Gasteiger partial charge in [-0.25, -0.2) is 9.78 Å². The van der Waals surface area contributed by atoms with Gasteiger partial charge in [-0.05, 0) is 42.5 Å². The average molecular weight is 391 g/mol. The summed E-state index contributed by atoms with van der Waals surface area (Å²) in [6.45, 7) is 0. The fraction of sp³-hybridized carbons (Fsp3) is 0.100. The number of rotatable bonds is 5. The number of carbonyl (C=O) groups excluding carboxylic acids is 1. The smallest absolute Gasteiger partial charge is 0.343 e. The zero-order valence-electron chi connectivity index (χ0n) is 15.7. The van der Waals surface area contributed by atoms with Crippen molar-refractivity contribution in [2.45, 2.75) is 0 Å². The van der Waals surface area contributed by atoms with Gasteiger partial charge in [-0.1, -0.05) is 0 Å². The Morgan fingerprint density at radius 3 is 2.34 bits per heavy atom. The van der Waals surface area contributed by atoms with E-state index in [9.17, 15) is 10.1 Å². The number of nitriles is 1. The summed E-state index contributed by atoms with van der Waals surface area (Å²) in [5, 5.41) is 9.35. The maximum Gasteiger partial charge on any atom is 0.343 e. The predicted molar refractivity (Wildman–Crippen MR) is 106 cm³/mol. The lowest BCUT2D eigenvalue weighted by molar-refractivity contribution is 0.0729. The van der Waals surface area contributed by atoms with Crippen LogP contribution in [0.15, 0.2) is 42.5 Å². The lowest BCUT2D eigenvalue weighted by Crippen LogP contribution is -2.09. The topological polar surface area (TPSA) is 146 Å². The molecule has 9 heteroatoms. The molecule has 0 aliphatic heterocycles. The van der Waals surface area contributed by atoms with Crippen LogP contribution in [-0.4, -0.2) is 30.2 Å². The summed E-state index contributed by atoms with van der Waals surface area (Å²) in [4.78, 5) is 20.3. The minimum Gasteiger partial charge on any atom is -0.497 e. The lowest BCUT2D eigenvalue weighted by Gasteiger charge is -2.12. The zero-order chi connectivity index (χ0) is 21.0. The molecule has 0 radical (unpaired) electrons. The van der Waals surface area contributed by atoms with E-state index in [1.54, 1.807) is 36.4 Å². The van der Waals surface area contributed by atoms with E-state index in [-0.39, 0.29) is 34.5 Å². The lowest BCUT2D eigenvalue weighted by atomic mass is 10.1. The first-order valence-corrected chi connectivity index (χ1v) is 8.34. The molecule has 0 aliphatic rings. The predicted octanol–water partition coefficient (Wildman–Crippen LogP) is 2.42. The van der Waals surface area contributed by atoms with Crippen LogP contribution in [0.25, 0.3) is 11.3 Å². The Balaban J connectivity index is 1.94. The quantitative estimate of drug-likeness (QED) is 0.494. The van der Waals surface area contributed by atoms with Crippen LogP contribution in [0.1, 0.15) is 15.9 Å². The molecule has 0 fully saturated rings. The number of anilines is 2. The minimum atomic E-state index is -0.563. The van der Waals surface area contributed by atoms with E-state index in [1.165, 1.54) is 20.3 Å². The summed E-state index contributed by atoms with van der Waals surface area (Å²) in [6, 6.07) is 13.2. The number of benzene rings is 2. The summed E-state index contributed by atoms with van der Waals surface area (Å²) in [6.07, 6.45) is 0. The molecule has 0 unspecified atom stereocenters. The molecule has 0 aliphatic carbocycles. The van der Waals surface area contributed by atoms with Crippen molar-refractivity contribution in [1.29, 1.82) is 5.26 Å². The third-order valence-corrected chi connectivity index (χ3v) is 4.03. The summed E-state index contributed by atoms with van der Waals surface area (Å²) in [7, 11) is 2.97. The molecule has 0 amide bonds. The van der Waals surface area contributed by atoms with Gasteiger partial charge in [0.25, 0.3) is 0 Å². The highest BCUT2D eigenvalue weighted by Crippen LogP contribution is 2.34. The number of nitrogen functional groups attached to an aromatic ring is 2. The SMILES string of the molecule is COc1ccc(C(=O)Oc2ccc(-c3nc(N)nc(N)c3C#N)cc2OC)cc1. The standard InChI is InChI=1S/C20H17N5O4/c1-27-13-6-3-11(4-7-13)19(26)29-15-8-5-12(9-16(15)28-2)17-14(10-21)18(22)25-20(23)24-17/h3-9H,1-2H3,(H4,22,23,24,25). The molecule has 0 saturated heterocycles. The van der Waals surface area contributed by atoms with E-state index >= 15 is 0 Å². The largest absolute Gasteiger partial charge is 0.497 e. The molecule has 9 nitrogen and oxygen atoms in total. The highest BCUT2D eigenvalue weighted by molar-refractivity contribution is 5.91. The molecule has 2 aromatic carbocycles. The van der Waals surface area contributed by atoms with Crippen molar-refractivity contribution in [2.24, 2.45) is 0 Å². The number of hydrogen-bond acceptors (Lipinski definition) is 9. The molecule has 1 heterocycles. The van der Waals surface area contributed by atoms with Crippen LogP contribution in [0.2, 0.25) is 0 Å². The van der Waals surface area contributed by atoms with Crippen LogP contribution in [0.5, 0.6) is 17.2 Å². The Morgan fingerprint density at radius 2 is 1.72 bits per heavy atom. The van der Waals surface area contributed by atoms with Crippen LogP contribution in [-0.2, 0) is 0 Å². The average Bonchev–Trinajstić information content (AvgIpc) is 2.73. The number of methoxy groups -OCH3 is 2. The molecule has 29 heavy (non-hydrogen) atoms. The molecular formula is C20H17N5O4. The molecule has 146 valence electrons. The van der Waals surface area contributed by atoms with Gasteiger partial charge in [-0.3, -0.25) is 0 Å². The van der Waals surface area contributed by atoms with Crippen LogP contribution in [0.3, 0.4) is 0 Å². The molecule has 0 atom stereocenters. The number of hydrogen-bond donors (Lipinski definition) is 2. The fourth-order valence-corrected chi connectivity index (χ4v) is 2.60. The summed E-state index contributed by atoms with van der Waals surface area (Å²) in [5.41, 5.74) is 12.6. The van der Waals surface area contributed by atoms with Gasteiger partial charge in [0.05, 0.1) is 25.5 Å². The number of ether oxygens (including phenoxy) is 3. The maximum absolute atomic E-state index is 12.4. The van der Waals surface area contributed by atoms with Crippen molar-refractivity contribution in [3.8, 4) is 34.6 Å². The van der Waals surface area contributed by atoms with E-state index in [1.807, 2.05) is 6.07 Å². The van der Waals surface area contributed by atoms with Crippen molar-refractivity contribution < 1.29 is 19.0 Å². The van der Waals surface area contributed by atoms with Crippen molar-refractivity contribution in [2.75, 3.05) is 25.7 Å². The van der Waals surface area contributed by atoms with Crippen molar-refractivity contribution in [3.63, 3.8) is 0 Å². The molecule has 0 spiro atoms.